The van der Waals surface area contributed by atoms with Gasteiger partial charge in [-0.2, -0.15) is 8.42 Å². The largest absolute Gasteiger partial charge is 0.440 e. The molecule has 10 nitrogen and oxygen atoms in total. The summed E-state index contributed by atoms with van der Waals surface area (Å²) in [6.45, 7) is 1.23. The summed E-state index contributed by atoms with van der Waals surface area (Å²) in [7, 11) is -0.458. The third kappa shape index (κ3) is 5.81. The van der Waals surface area contributed by atoms with Crippen LogP contribution < -0.4 is 15.2 Å². The molecule has 1 saturated heterocycles. The van der Waals surface area contributed by atoms with Gasteiger partial charge in [-0.15, -0.1) is 0 Å². The van der Waals surface area contributed by atoms with E-state index in [1.807, 2.05) is 0 Å². The second kappa shape index (κ2) is 10.8. The summed E-state index contributed by atoms with van der Waals surface area (Å²) >= 11 is 0. The van der Waals surface area contributed by atoms with Gasteiger partial charge in [0.15, 0.2) is 11.3 Å². The summed E-state index contributed by atoms with van der Waals surface area (Å²) in [6, 6.07) is 6.57. The number of amides is 1. The first-order valence-electron chi connectivity index (χ1n) is 12.7. The lowest BCUT2D eigenvalue weighted by atomic mass is 10.0. The van der Waals surface area contributed by atoms with Gasteiger partial charge in [0.2, 0.25) is 0 Å². The van der Waals surface area contributed by atoms with Crippen LogP contribution in [-0.2, 0) is 32.0 Å². The molecule has 1 unspecified atom stereocenters. The van der Waals surface area contributed by atoms with E-state index < -0.39 is 27.9 Å². The van der Waals surface area contributed by atoms with Gasteiger partial charge in [0.05, 0.1) is 31.0 Å². The van der Waals surface area contributed by atoms with Gasteiger partial charge in [-0.1, -0.05) is 0 Å². The van der Waals surface area contributed by atoms with Crippen molar-refractivity contribution in [2.24, 2.45) is 0 Å². The normalized spacial score (nSPS) is 17.4. The first-order valence-corrected chi connectivity index (χ1v) is 14.5. The molecule has 13 heteroatoms. The van der Waals surface area contributed by atoms with E-state index in [-0.39, 0.29) is 60.1 Å². The van der Waals surface area contributed by atoms with Crippen LogP contribution in [0.15, 0.2) is 39.5 Å². The maximum Gasteiger partial charge on any atom is 0.264 e. The summed E-state index contributed by atoms with van der Waals surface area (Å²) < 4.78 is 68.0. The fourth-order valence-electron chi connectivity index (χ4n) is 5.05. The highest BCUT2D eigenvalue weighted by atomic mass is 32.2. The van der Waals surface area contributed by atoms with E-state index in [0.717, 1.165) is 12.3 Å². The van der Waals surface area contributed by atoms with Crippen LogP contribution in [0, 0.1) is 11.6 Å². The molecule has 0 bridgehead atoms. The van der Waals surface area contributed by atoms with Crippen LogP contribution in [0.2, 0.25) is 0 Å². The van der Waals surface area contributed by atoms with Crippen LogP contribution in [0.3, 0.4) is 0 Å². The average Bonchev–Trinajstić information content (AvgIpc) is 3.29. The minimum Gasteiger partial charge on any atom is -0.440 e. The molecule has 0 saturated carbocycles. The van der Waals surface area contributed by atoms with E-state index in [2.05, 4.69) is 0 Å². The van der Waals surface area contributed by atoms with Crippen molar-refractivity contribution in [2.75, 3.05) is 63.0 Å². The summed E-state index contributed by atoms with van der Waals surface area (Å²) in [5.41, 5.74) is 1.48. The molecule has 0 radical (unpaired) electrons. The predicted octanol–water partition coefficient (Wildman–Crippen LogP) is 2.52. The molecular weight excluding hydrogens is 548 g/mol. The molecule has 0 N–H and O–H groups in total. The van der Waals surface area contributed by atoms with E-state index in [4.69, 9.17) is 13.3 Å². The molecule has 2 aliphatic heterocycles. The zero-order valence-electron chi connectivity index (χ0n) is 22.3. The molecule has 1 amide bonds. The Morgan fingerprint density at radius 3 is 2.65 bits per heavy atom. The topological polar surface area (TPSA) is 110 Å². The number of anilines is 2. The molecule has 214 valence electrons. The van der Waals surface area contributed by atoms with Gasteiger partial charge in [0, 0.05) is 74.8 Å². The number of fused-ring (bicyclic) bond motifs is 2. The number of ether oxygens (including phenoxy) is 1. The van der Waals surface area contributed by atoms with Crippen molar-refractivity contribution in [1.29, 1.82) is 0 Å². The molecular formula is C27H29F2N3O7S. The lowest BCUT2D eigenvalue weighted by Gasteiger charge is -2.33. The Balaban J connectivity index is 1.55. The highest BCUT2D eigenvalue weighted by Gasteiger charge is 2.28. The Morgan fingerprint density at radius 2 is 1.93 bits per heavy atom. The van der Waals surface area contributed by atoms with Crippen LogP contribution in [0.4, 0.5) is 20.4 Å². The molecule has 5 rings (SSSR count). The summed E-state index contributed by atoms with van der Waals surface area (Å²) in [4.78, 5) is 31.2. The fourth-order valence-corrected chi connectivity index (χ4v) is 5.45. The Kier molecular flexibility index (Phi) is 7.55. The van der Waals surface area contributed by atoms with Crippen molar-refractivity contribution in [3.63, 3.8) is 0 Å². The van der Waals surface area contributed by atoms with Crippen molar-refractivity contribution < 1.29 is 35.3 Å². The SMILES string of the molecule is CN(C)C(=O)c1cc(CN2CCc3c(F)cc(F)cc32)c2oc(N3CCOC(COS(C)(=O)=O)C3)cc(=O)c2c1. The van der Waals surface area contributed by atoms with Crippen molar-refractivity contribution >= 4 is 38.6 Å². The minimum atomic E-state index is -3.66. The average molecular weight is 578 g/mol. The second-order valence-corrected chi connectivity index (χ2v) is 11.8. The van der Waals surface area contributed by atoms with Crippen LogP contribution in [-0.4, -0.2) is 78.5 Å². The Labute approximate surface area is 229 Å². The van der Waals surface area contributed by atoms with Gasteiger partial charge in [-0.25, -0.2) is 8.78 Å². The number of hydrogen-bond donors (Lipinski definition) is 0. The number of nitrogens with zero attached hydrogens (tertiary/aromatic N) is 3. The minimum absolute atomic E-state index is 0.140. The second-order valence-electron chi connectivity index (χ2n) is 10.1. The first-order chi connectivity index (χ1) is 18.9. The molecule has 0 spiro atoms. The zero-order valence-corrected chi connectivity index (χ0v) is 23.1. The molecule has 1 atom stereocenters. The third-order valence-corrected chi connectivity index (χ3v) is 7.50. The van der Waals surface area contributed by atoms with E-state index in [9.17, 15) is 26.8 Å². The number of hydrogen-bond acceptors (Lipinski definition) is 9. The molecule has 3 aromatic rings. The molecule has 40 heavy (non-hydrogen) atoms. The molecule has 3 heterocycles. The van der Waals surface area contributed by atoms with Gasteiger partial charge >= 0.3 is 0 Å². The smallest absolute Gasteiger partial charge is 0.264 e. The maximum absolute atomic E-state index is 14.4. The highest BCUT2D eigenvalue weighted by molar-refractivity contribution is 7.85. The van der Waals surface area contributed by atoms with E-state index in [1.54, 1.807) is 30.0 Å². The van der Waals surface area contributed by atoms with Crippen molar-refractivity contribution in [3.05, 3.63) is 68.9 Å². The molecule has 2 aliphatic rings. The number of carbonyl (C=O) groups excluding carboxylic acids is 1. The van der Waals surface area contributed by atoms with Crippen molar-refractivity contribution in [1.82, 2.24) is 4.90 Å². The number of carbonyl (C=O) groups is 1. The van der Waals surface area contributed by atoms with E-state index >= 15 is 0 Å². The van der Waals surface area contributed by atoms with E-state index in [0.29, 0.717) is 36.3 Å². The maximum atomic E-state index is 14.4. The number of rotatable bonds is 7. The van der Waals surface area contributed by atoms with Crippen LogP contribution in [0.1, 0.15) is 21.5 Å². The zero-order chi connectivity index (χ0) is 28.8. The lowest BCUT2D eigenvalue weighted by molar-refractivity contribution is 0.0109. The van der Waals surface area contributed by atoms with Gasteiger partial charge in [0.1, 0.15) is 17.2 Å². The molecule has 0 aliphatic carbocycles. The van der Waals surface area contributed by atoms with Crippen molar-refractivity contribution in [2.45, 2.75) is 19.1 Å². The van der Waals surface area contributed by atoms with Crippen molar-refractivity contribution in [3.8, 4) is 0 Å². The fraction of sp³-hybridized carbons (Fsp3) is 0.407. The number of morpholine rings is 1. The first kappa shape index (κ1) is 28.0. The Bertz CT molecular complexity index is 1640. The Morgan fingerprint density at radius 1 is 1.15 bits per heavy atom. The standard InChI is InChI=1S/C27H29F2N3O7S/c1-30(2)27(34)16-8-17(13-31-5-4-20-22(29)10-18(28)11-23(20)31)26-21(9-16)24(33)12-25(39-26)32-6-7-37-19(14-32)15-38-40(3,35)36/h8-12,19H,4-7,13-15H2,1-3H3. The van der Waals surface area contributed by atoms with Gasteiger partial charge in [0.25, 0.3) is 16.0 Å². The van der Waals surface area contributed by atoms with E-state index in [1.165, 1.54) is 23.1 Å². The number of benzene rings is 2. The molecule has 2 aromatic carbocycles. The summed E-state index contributed by atoms with van der Waals surface area (Å²) in [5, 5.41) is 0.196. The summed E-state index contributed by atoms with van der Waals surface area (Å²) in [6.07, 6.45) is 0.763. The van der Waals surface area contributed by atoms with Crippen LogP contribution in [0.5, 0.6) is 0 Å². The van der Waals surface area contributed by atoms with Crippen LogP contribution in [0.25, 0.3) is 11.0 Å². The van der Waals surface area contributed by atoms with Gasteiger partial charge in [-0.3, -0.25) is 13.8 Å². The molecule has 1 aromatic heterocycles. The highest BCUT2D eigenvalue weighted by Crippen LogP contribution is 2.34. The summed E-state index contributed by atoms with van der Waals surface area (Å²) in [5.74, 6) is -1.38. The lowest BCUT2D eigenvalue weighted by Crippen LogP contribution is -2.45. The van der Waals surface area contributed by atoms with Crippen LogP contribution >= 0.6 is 0 Å². The van der Waals surface area contributed by atoms with Gasteiger partial charge < -0.3 is 23.9 Å². The number of halogens is 2. The Hall–Kier alpha value is -3.55. The third-order valence-electron chi connectivity index (χ3n) is 6.93. The van der Waals surface area contributed by atoms with Gasteiger partial charge in [-0.05, 0) is 24.6 Å². The quantitative estimate of drug-likeness (QED) is 0.392. The molecule has 1 fully saturated rings. The predicted molar refractivity (Wildman–Crippen MR) is 144 cm³/mol. The monoisotopic (exact) mass is 577 g/mol.